The number of rotatable bonds is 7. The number of carbonyl (C=O) groups excluding carboxylic acids is 2. The zero-order chi connectivity index (χ0) is 31.0. The largest absolute Gasteiger partial charge is 0.508 e. The van der Waals surface area contributed by atoms with Crippen molar-refractivity contribution in [3.8, 4) is 18.6 Å². The molecule has 4 N–H and O–H groups in total. The van der Waals surface area contributed by atoms with Crippen molar-refractivity contribution in [3.63, 3.8) is 0 Å². The number of carboxylic acid groups (broad SMARTS) is 1. The third-order valence-electron chi connectivity index (χ3n) is 4.39. The second-order valence-electron chi connectivity index (χ2n) is 7.35. The summed E-state index contributed by atoms with van der Waals surface area (Å²) in [5.74, 6) is -1.07. The molecule has 1 atom stereocenters. The van der Waals surface area contributed by atoms with Crippen molar-refractivity contribution in [2.45, 2.75) is 26.2 Å². The van der Waals surface area contributed by atoms with Gasteiger partial charge in [0.25, 0.3) is 5.69 Å². The molecule has 0 aliphatic heterocycles. The fourth-order valence-electron chi connectivity index (χ4n) is 2.37. The summed E-state index contributed by atoms with van der Waals surface area (Å²) in [5, 5.41) is 31.9. The molecule has 0 spiro atoms. The fraction of sp³-hybridized carbons (Fsp3) is 0.179. The first-order chi connectivity index (χ1) is 19.5. The quantitative estimate of drug-likeness (QED) is 0.186. The van der Waals surface area contributed by atoms with E-state index in [0.717, 1.165) is 11.1 Å². The predicted octanol–water partition coefficient (Wildman–Crippen LogP) is 4.48. The number of hydrogen-bond acceptors (Lipinski definition) is 8. The molecule has 3 rings (SSSR count). The summed E-state index contributed by atoms with van der Waals surface area (Å²) in [5.41, 5.74) is 1.82. The number of aliphatic carboxylic acids is 1. The lowest BCUT2D eigenvalue weighted by atomic mass is 10.2. The zero-order valence-corrected chi connectivity index (χ0v) is 21.9. The fourth-order valence-corrected chi connectivity index (χ4v) is 2.37. The molecule has 3 aromatic rings. The summed E-state index contributed by atoms with van der Waals surface area (Å²) >= 11 is 0. The van der Waals surface area contributed by atoms with Crippen LogP contribution in [0, 0.1) is 22.9 Å². The molecule has 40 heavy (non-hydrogen) atoms. The summed E-state index contributed by atoms with van der Waals surface area (Å²) in [7, 11) is 1.54. The highest BCUT2D eigenvalue weighted by atomic mass is 16.6. The minimum Gasteiger partial charge on any atom is -0.508 e. The Kier molecular flexibility index (Phi) is 16.6. The highest BCUT2D eigenvalue weighted by molar-refractivity contribution is 5.79. The maximum Gasteiger partial charge on any atom is 0.408 e. The van der Waals surface area contributed by atoms with Gasteiger partial charge in [-0.2, -0.15) is 0 Å². The molecule has 0 heterocycles. The lowest BCUT2D eigenvalue weighted by molar-refractivity contribution is -0.384. The van der Waals surface area contributed by atoms with Crippen molar-refractivity contribution in [2.75, 3.05) is 7.05 Å². The number of benzene rings is 3. The average Bonchev–Trinajstić information content (AvgIpc) is 2.97. The number of non-ortho nitro benzene ring substituents is 1. The summed E-state index contributed by atoms with van der Waals surface area (Å²) in [6.45, 7) is 1.81. The van der Waals surface area contributed by atoms with E-state index in [9.17, 15) is 24.5 Å². The molecule has 1 unspecified atom stereocenters. The van der Waals surface area contributed by atoms with Gasteiger partial charge in [0, 0.05) is 19.2 Å². The third kappa shape index (κ3) is 16.2. The Morgan fingerprint density at radius 3 is 1.73 bits per heavy atom. The number of nitro groups is 1. The molecule has 0 aromatic heterocycles. The van der Waals surface area contributed by atoms with Crippen LogP contribution in [0.4, 0.5) is 15.3 Å². The van der Waals surface area contributed by atoms with Gasteiger partial charge in [0.1, 0.15) is 26.4 Å². The number of terminal acetylenes is 1. The van der Waals surface area contributed by atoms with E-state index in [0.29, 0.717) is 6.61 Å². The minimum absolute atomic E-state index is 0.0159. The standard InChI is InChI=1S/C11H13NO4.C9H11NO2.C6H5NO3.C2H2/c1-8(10(13)14)12-11(15)16-7-9-5-3-2-4-6-9;1-10-9(11)12-7-8-5-3-2-4-6-8;8-6-3-1-5(2-4-6)7(9)10;1-2/h2-6,8H,7H2,1H3,(H,12,15)(H,13,14);2-6H,7H2,1H3,(H,10,11);1-4,8H;1-2H/i;;;1D. The van der Waals surface area contributed by atoms with Crippen LogP contribution in [0.2, 0.25) is 0 Å². The van der Waals surface area contributed by atoms with E-state index in [-0.39, 0.29) is 18.0 Å². The molecule has 0 aliphatic rings. The lowest BCUT2D eigenvalue weighted by Crippen LogP contribution is -2.38. The number of aromatic hydroxyl groups is 1. The van der Waals surface area contributed by atoms with Gasteiger partial charge in [-0.25, -0.2) is 9.59 Å². The van der Waals surface area contributed by atoms with Crippen LogP contribution in [0.5, 0.6) is 5.75 Å². The van der Waals surface area contributed by atoms with Crippen LogP contribution in [-0.4, -0.2) is 46.4 Å². The van der Waals surface area contributed by atoms with Gasteiger partial charge in [0.15, 0.2) is 0 Å². The van der Waals surface area contributed by atoms with Gasteiger partial charge in [-0.05, 0) is 30.2 Å². The van der Waals surface area contributed by atoms with Crippen LogP contribution in [0.1, 0.15) is 19.4 Å². The molecular formula is C28H31N3O9. The number of ether oxygens (including phenoxy) is 2. The predicted molar refractivity (Wildman–Crippen MR) is 147 cm³/mol. The van der Waals surface area contributed by atoms with E-state index >= 15 is 0 Å². The van der Waals surface area contributed by atoms with E-state index < -0.39 is 29.1 Å². The summed E-state index contributed by atoms with van der Waals surface area (Å²) < 4.78 is 15.4. The highest BCUT2D eigenvalue weighted by Gasteiger charge is 2.14. The van der Waals surface area contributed by atoms with E-state index in [1.54, 1.807) is 0 Å². The molecule has 0 radical (unpaired) electrons. The minimum atomic E-state index is -1.10. The maximum absolute atomic E-state index is 11.1. The number of nitrogens with one attached hydrogen (secondary N) is 2. The molecule has 0 bridgehead atoms. The van der Waals surface area contributed by atoms with E-state index in [1.165, 1.54) is 44.6 Å². The summed E-state index contributed by atoms with van der Waals surface area (Å²) in [6, 6.07) is 22.8. The molecule has 12 nitrogen and oxygen atoms in total. The number of phenolic OH excluding ortho intramolecular Hbond substituents is 1. The Hall–Kier alpha value is -5.57. The van der Waals surface area contributed by atoms with E-state index in [1.807, 2.05) is 60.7 Å². The normalized spacial score (nSPS) is 9.88. The second-order valence-corrected chi connectivity index (χ2v) is 7.35. The number of carbonyl (C=O) groups is 3. The molecule has 3 aromatic carbocycles. The smallest absolute Gasteiger partial charge is 0.408 e. The Bertz CT molecular complexity index is 1240. The Morgan fingerprint density at radius 2 is 1.35 bits per heavy atom. The Morgan fingerprint density at radius 1 is 0.925 bits per heavy atom. The van der Waals surface area contributed by atoms with Crippen LogP contribution < -0.4 is 10.6 Å². The molecule has 2 amide bonds. The van der Waals surface area contributed by atoms with Crippen LogP contribution in [-0.2, 0) is 27.5 Å². The van der Waals surface area contributed by atoms with Crippen molar-refractivity contribution in [1.82, 2.24) is 10.6 Å². The monoisotopic (exact) mass is 554 g/mol. The number of nitro benzene ring substituents is 1. The van der Waals surface area contributed by atoms with Crippen molar-refractivity contribution >= 4 is 23.8 Å². The van der Waals surface area contributed by atoms with E-state index in [4.69, 9.17) is 21.1 Å². The zero-order valence-electron chi connectivity index (χ0n) is 22.9. The van der Waals surface area contributed by atoms with Crippen LogP contribution in [0.3, 0.4) is 0 Å². The van der Waals surface area contributed by atoms with Crippen LogP contribution in [0.15, 0.2) is 84.9 Å². The van der Waals surface area contributed by atoms with Crippen molar-refractivity contribution in [2.24, 2.45) is 0 Å². The van der Waals surface area contributed by atoms with Crippen LogP contribution in [0.25, 0.3) is 0 Å². The molecule has 0 saturated carbocycles. The van der Waals surface area contributed by atoms with Gasteiger partial charge in [0.05, 0.1) is 4.92 Å². The number of alkyl carbamates (subject to hydrolysis) is 2. The van der Waals surface area contributed by atoms with Crippen molar-refractivity contribution < 1.29 is 40.4 Å². The molecule has 12 heteroatoms. The topological polar surface area (TPSA) is 177 Å². The molecule has 0 aliphatic carbocycles. The second kappa shape index (κ2) is 20.5. The first kappa shape index (κ1) is 32.5. The van der Waals surface area contributed by atoms with Crippen molar-refractivity contribution in [1.29, 1.82) is 0 Å². The number of nitrogens with zero attached hydrogens (tertiary/aromatic N) is 1. The average molecular weight is 555 g/mol. The maximum atomic E-state index is 11.1. The van der Waals surface area contributed by atoms with Gasteiger partial charge in [-0.3, -0.25) is 14.9 Å². The van der Waals surface area contributed by atoms with Gasteiger partial charge in [0.2, 0.25) is 0 Å². The Balaban J connectivity index is 0.000000572. The highest BCUT2D eigenvalue weighted by Crippen LogP contribution is 2.15. The van der Waals surface area contributed by atoms with E-state index in [2.05, 4.69) is 17.1 Å². The first-order valence-electron chi connectivity index (χ1n) is 11.9. The number of phenols is 1. The molecule has 212 valence electrons. The first-order valence-corrected chi connectivity index (χ1v) is 11.4. The summed E-state index contributed by atoms with van der Waals surface area (Å²) in [6.07, 6.45) is 4.62. The van der Waals surface area contributed by atoms with Crippen LogP contribution >= 0.6 is 0 Å². The van der Waals surface area contributed by atoms with Gasteiger partial charge >= 0.3 is 18.2 Å². The number of amides is 2. The molecular weight excluding hydrogens is 522 g/mol. The SMILES string of the molecule is CC(NC(=O)OCc1ccccc1)C(=O)O.CNC(=O)OCc1ccccc1.O=[N+]([O-])c1ccc(O)cc1.[2H]C#C. The molecule has 0 saturated heterocycles. The van der Waals surface area contributed by atoms with Crippen molar-refractivity contribution in [3.05, 3.63) is 106 Å². The molecule has 0 fully saturated rings. The van der Waals surface area contributed by atoms with Gasteiger partial charge < -0.3 is 30.3 Å². The number of carboxylic acids is 1. The number of hydrogen-bond donors (Lipinski definition) is 4. The Labute approximate surface area is 233 Å². The lowest BCUT2D eigenvalue weighted by Gasteiger charge is -2.09. The van der Waals surface area contributed by atoms with Gasteiger partial charge in [-0.15, -0.1) is 12.8 Å². The third-order valence-corrected chi connectivity index (χ3v) is 4.39. The van der Waals surface area contributed by atoms with Gasteiger partial charge in [-0.1, -0.05) is 60.7 Å². The summed E-state index contributed by atoms with van der Waals surface area (Å²) in [4.78, 5) is 41.7.